The van der Waals surface area contributed by atoms with Crippen LogP contribution in [-0.4, -0.2) is 68.3 Å². The van der Waals surface area contributed by atoms with Crippen molar-refractivity contribution in [2.75, 3.05) is 6.54 Å². The number of nitrogens with zero attached hydrogens (tertiary/aromatic N) is 4. The Morgan fingerprint density at radius 1 is 1.20 bits per heavy atom. The number of carbonyl (C=O) groups excluding carboxylic acids is 4. The fourth-order valence-corrected chi connectivity index (χ4v) is 6.26. The first-order chi connectivity index (χ1) is 17.0. The third-order valence-corrected chi connectivity index (χ3v) is 8.15. The van der Waals surface area contributed by atoms with Crippen LogP contribution >= 0.6 is 0 Å². The average Bonchev–Trinajstić information content (AvgIpc) is 3.17. The van der Waals surface area contributed by atoms with Crippen LogP contribution < -0.4 is 10.6 Å². The summed E-state index contributed by atoms with van der Waals surface area (Å²) in [6.07, 6.45) is 5.00. The van der Waals surface area contributed by atoms with Crippen LogP contribution in [0.5, 0.6) is 0 Å². The number of aromatic nitrogens is 3. The summed E-state index contributed by atoms with van der Waals surface area (Å²) in [5.41, 5.74) is 2.07. The first-order valence-corrected chi connectivity index (χ1v) is 12.1. The van der Waals surface area contributed by atoms with Gasteiger partial charge in [-0.2, -0.15) is 0 Å². The maximum absolute atomic E-state index is 13.1. The van der Waals surface area contributed by atoms with E-state index in [0.717, 1.165) is 17.9 Å². The number of carbonyl (C=O) groups is 4. The van der Waals surface area contributed by atoms with Crippen LogP contribution in [0.3, 0.4) is 0 Å². The minimum Gasteiger partial charge on any atom is -0.374 e. The average molecular weight is 476 g/mol. The summed E-state index contributed by atoms with van der Waals surface area (Å²) < 4.78 is 7.46. The molecule has 2 aromatic rings. The molecule has 2 N–H and O–H groups in total. The molecule has 1 aromatic heterocycles. The molecule has 3 saturated heterocycles. The van der Waals surface area contributed by atoms with Crippen molar-refractivity contribution in [3.63, 3.8) is 0 Å². The molecule has 4 aliphatic heterocycles. The highest BCUT2D eigenvalue weighted by atomic mass is 16.5. The van der Waals surface area contributed by atoms with E-state index in [2.05, 4.69) is 20.9 Å². The molecule has 0 radical (unpaired) electrons. The van der Waals surface area contributed by atoms with E-state index in [-0.39, 0.29) is 35.9 Å². The Morgan fingerprint density at radius 2 is 2.09 bits per heavy atom. The molecule has 2 bridgehead atoms. The number of imide groups is 1. The van der Waals surface area contributed by atoms with Gasteiger partial charge in [0.25, 0.3) is 11.8 Å². The summed E-state index contributed by atoms with van der Waals surface area (Å²) in [5.74, 6) is 0.491. The molecule has 4 amide bonds. The highest BCUT2D eigenvalue weighted by molar-refractivity contribution is 6.05. The standard InChI is InChI=1S/C24H24N6O5/c31-20-4-3-18(23(33)26-20)29-9-11-1-2-13(6-14(11)24(29)34)30-10-17(27-28-30)22(32)25-8-12-5-19-15-7-16(15)21(12)35-19/h1-2,6,10,12,15-16,18-19,21H,3-5,7-9H2,(H,25,32)(H,26,31,33)/t12-,15+,16-,18?,19-,21+/m0/s1. The molecule has 11 heteroatoms. The molecule has 1 aliphatic carbocycles. The van der Waals surface area contributed by atoms with E-state index in [1.54, 1.807) is 18.3 Å². The van der Waals surface area contributed by atoms with E-state index >= 15 is 0 Å². The van der Waals surface area contributed by atoms with Gasteiger partial charge in [0.2, 0.25) is 11.8 Å². The monoisotopic (exact) mass is 476 g/mol. The topological polar surface area (TPSA) is 136 Å². The van der Waals surface area contributed by atoms with Crippen LogP contribution in [0.25, 0.3) is 5.69 Å². The number of ether oxygens (including phenoxy) is 1. The van der Waals surface area contributed by atoms with Crippen molar-refractivity contribution in [2.45, 2.75) is 50.5 Å². The van der Waals surface area contributed by atoms with Gasteiger partial charge in [0.1, 0.15) is 6.04 Å². The Labute approximate surface area is 200 Å². The van der Waals surface area contributed by atoms with Crippen LogP contribution in [-0.2, 0) is 20.9 Å². The molecule has 5 aliphatic rings. The number of nitrogens with one attached hydrogen (secondary N) is 2. The zero-order valence-electron chi connectivity index (χ0n) is 18.8. The van der Waals surface area contributed by atoms with Gasteiger partial charge in [-0.1, -0.05) is 11.3 Å². The van der Waals surface area contributed by atoms with Crippen molar-refractivity contribution in [3.8, 4) is 5.69 Å². The molecule has 5 heterocycles. The molecule has 4 fully saturated rings. The lowest BCUT2D eigenvalue weighted by Gasteiger charge is -2.29. The number of amides is 4. The van der Waals surface area contributed by atoms with E-state index in [9.17, 15) is 19.2 Å². The van der Waals surface area contributed by atoms with E-state index in [4.69, 9.17) is 4.74 Å². The summed E-state index contributed by atoms with van der Waals surface area (Å²) in [6, 6.07) is 4.65. The van der Waals surface area contributed by atoms with Gasteiger partial charge in [-0.05, 0) is 48.8 Å². The molecule has 35 heavy (non-hydrogen) atoms. The second kappa shape index (κ2) is 7.45. The van der Waals surface area contributed by atoms with Gasteiger partial charge >= 0.3 is 0 Å². The van der Waals surface area contributed by atoms with Crippen molar-refractivity contribution in [1.82, 2.24) is 30.5 Å². The Morgan fingerprint density at radius 3 is 2.89 bits per heavy atom. The SMILES string of the molecule is O=C1CCC(N2Cc3ccc(-n4cc(C(=O)NC[C@@H]5C[C@@H]6O[C@H]5[C@H]5C[C@H]56)nn4)cc3C2=O)C(=O)N1. The van der Waals surface area contributed by atoms with Gasteiger partial charge in [0, 0.05) is 31.0 Å². The van der Waals surface area contributed by atoms with Gasteiger partial charge in [-0.3, -0.25) is 24.5 Å². The molecule has 0 spiro atoms. The third kappa shape index (κ3) is 3.28. The number of hydrogen-bond donors (Lipinski definition) is 2. The van der Waals surface area contributed by atoms with Gasteiger partial charge in [-0.15, -0.1) is 5.10 Å². The molecular formula is C24H24N6O5. The summed E-state index contributed by atoms with van der Waals surface area (Å²) in [5, 5.41) is 13.4. The Balaban J connectivity index is 1.03. The van der Waals surface area contributed by atoms with Crippen LogP contribution in [0, 0.1) is 17.8 Å². The van der Waals surface area contributed by atoms with Crippen LogP contribution in [0.4, 0.5) is 0 Å². The number of fused-ring (bicyclic) bond motifs is 6. The van der Waals surface area contributed by atoms with Gasteiger partial charge in [0.05, 0.1) is 24.1 Å². The Kier molecular flexibility index (Phi) is 4.41. The maximum Gasteiger partial charge on any atom is 0.273 e. The van der Waals surface area contributed by atoms with E-state index in [1.165, 1.54) is 16.0 Å². The lowest BCUT2D eigenvalue weighted by atomic mass is 9.89. The lowest BCUT2D eigenvalue weighted by molar-refractivity contribution is -0.136. The molecule has 1 aromatic carbocycles. The molecule has 1 unspecified atom stereocenters. The van der Waals surface area contributed by atoms with Gasteiger partial charge in [-0.25, -0.2) is 4.68 Å². The highest BCUT2D eigenvalue weighted by Gasteiger charge is 2.62. The summed E-state index contributed by atoms with van der Waals surface area (Å²) in [6.45, 7) is 0.875. The van der Waals surface area contributed by atoms with E-state index < -0.39 is 11.9 Å². The maximum atomic E-state index is 13.1. The summed E-state index contributed by atoms with van der Waals surface area (Å²) >= 11 is 0. The number of hydrogen-bond acceptors (Lipinski definition) is 7. The highest BCUT2D eigenvalue weighted by Crippen LogP contribution is 2.60. The molecule has 1 saturated carbocycles. The Hall–Kier alpha value is -3.60. The second-order valence-corrected chi connectivity index (χ2v) is 10.2. The molecule has 7 rings (SSSR count). The van der Waals surface area contributed by atoms with E-state index in [0.29, 0.717) is 48.7 Å². The predicted octanol–water partition coefficient (Wildman–Crippen LogP) is 0.182. The zero-order valence-corrected chi connectivity index (χ0v) is 18.8. The molecule has 180 valence electrons. The fourth-order valence-electron chi connectivity index (χ4n) is 6.26. The first kappa shape index (κ1) is 20.7. The Bertz CT molecular complexity index is 1290. The van der Waals surface area contributed by atoms with Crippen LogP contribution in [0.2, 0.25) is 0 Å². The summed E-state index contributed by atoms with van der Waals surface area (Å²) in [4.78, 5) is 50.9. The van der Waals surface area contributed by atoms with Crippen molar-refractivity contribution >= 4 is 23.6 Å². The van der Waals surface area contributed by atoms with Crippen molar-refractivity contribution < 1.29 is 23.9 Å². The van der Waals surface area contributed by atoms with E-state index in [1.807, 2.05) is 6.07 Å². The minimum absolute atomic E-state index is 0.204. The number of benzene rings is 1. The second-order valence-electron chi connectivity index (χ2n) is 10.2. The fraction of sp³-hybridized carbons (Fsp3) is 0.500. The lowest BCUT2D eigenvalue weighted by Crippen LogP contribution is -2.52. The molecular weight excluding hydrogens is 452 g/mol. The van der Waals surface area contributed by atoms with Crippen molar-refractivity contribution in [3.05, 3.63) is 41.2 Å². The predicted molar refractivity (Wildman–Crippen MR) is 118 cm³/mol. The molecule has 11 nitrogen and oxygen atoms in total. The first-order valence-electron chi connectivity index (χ1n) is 12.1. The summed E-state index contributed by atoms with van der Waals surface area (Å²) in [7, 11) is 0. The quantitative estimate of drug-likeness (QED) is 0.588. The van der Waals surface area contributed by atoms with Crippen LogP contribution in [0.1, 0.15) is 52.1 Å². The molecule has 6 atom stereocenters. The normalized spacial score (nSPS) is 32.5. The van der Waals surface area contributed by atoms with Crippen LogP contribution in [0.15, 0.2) is 24.4 Å². The largest absolute Gasteiger partial charge is 0.374 e. The van der Waals surface area contributed by atoms with Gasteiger partial charge < -0.3 is 15.0 Å². The minimum atomic E-state index is -0.663. The van der Waals surface area contributed by atoms with Gasteiger partial charge in [0.15, 0.2) is 5.69 Å². The number of rotatable bonds is 5. The zero-order chi connectivity index (χ0) is 23.8. The van der Waals surface area contributed by atoms with Crippen molar-refractivity contribution in [1.29, 1.82) is 0 Å². The number of piperidine rings is 1. The van der Waals surface area contributed by atoms with Crippen molar-refractivity contribution in [2.24, 2.45) is 17.8 Å². The smallest absolute Gasteiger partial charge is 0.273 e. The third-order valence-electron chi connectivity index (χ3n) is 8.15.